The van der Waals surface area contributed by atoms with Crippen molar-refractivity contribution in [2.45, 2.75) is 31.8 Å². The summed E-state index contributed by atoms with van der Waals surface area (Å²) in [5, 5.41) is 2.65. The van der Waals surface area contributed by atoms with E-state index in [4.69, 9.17) is 28.4 Å². The van der Waals surface area contributed by atoms with E-state index < -0.39 is 6.09 Å². The third-order valence-corrected chi connectivity index (χ3v) is 3.36. The summed E-state index contributed by atoms with van der Waals surface area (Å²) in [4.78, 5) is 21.6. The van der Waals surface area contributed by atoms with Gasteiger partial charge in [0.05, 0.1) is 46.2 Å². The highest BCUT2D eigenvalue weighted by Crippen LogP contribution is 1.97. The second-order valence-corrected chi connectivity index (χ2v) is 5.71. The van der Waals surface area contributed by atoms with Gasteiger partial charge in [-0.25, -0.2) is 4.79 Å². The maximum absolute atomic E-state index is 11.4. The molecule has 1 unspecified atom stereocenters. The van der Waals surface area contributed by atoms with Crippen LogP contribution in [0.25, 0.3) is 0 Å². The van der Waals surface area contributed by atoms with Gasteiger partial charge in [-0.1, -0.05) is 0 Å². The summed E-state index contributed by atoms with van der Waals surface area (Å²) in [6.07, 6.45) is 2.80. The fraction of sp³-hybridized carbons (Fsp3) is 0.889. The summed E-state index contributed by atoms with van der Waals surface area (Å²) >= 11 is 0. The van der Waals surface area contributed by atoms with Crippen LogP contribution in [-0.2, 0) is 33.2 Å². The van der Waals surface area contributed by atoms with Gasteiger partial charge in [0.15, 0.2) is 0 Å². The number of ether oxygens (including phenoxy) is 6. The van der Waals surface area contributed by atoms with Crippen LogP contribution in [0.4, 0.5) is 4.79 Å². The number of unbranched alkanes of at least 4 members (excludes halogenated alkanes) is 2. The number of alkyl carbamates (subject to hydrolysis) is 1. The summed E-state index contributed by atoms with van der Waals surface area (Å²) in [6, 6.07) is 0. The molecule has 1 atom stereocenters. The van der Waals surface area contributed by atoms with E-state index in [9.17, 15) is 9.59 Å². The fourth-order valence-electron chi connectivity index (χ4n) is 1.92. The lowest BCUT2D eigenvalue weighted by Gasteiger charge is -2.18. The van der Waals surface area contributed by atoms with Crippen molar-refractivity contribution in [2.24, 2.45) is 0 Å². The molecule has 9 heteroatoms. The van der Waals surface area contributed by atoms with E-state index in [1.54, 1.807) is 14.2 Å². The molecule has 0 aliphatic heterocycles. The molecule has 0 saturated carbocycles. The minimum atomic E-state index is -0.451. The normalized spacial score (nSPS) is 11.9. The van der Waals surface area contributed by atoms with Crippen LogP contribution in [0.15, 0.2) is 0 Å². The van der Waals surface area contributed by atoms with Crippen LogP contribution in [0.5, 0.6) is 0 Å². The molecule has 0 aliphatic carbocycles. The van der Waals surface area contributed by atoms with Gasteiger partial charge in [0, 0.05) is 33.8 Å². The number of hydrogen-bond donors (Lipinski definition) is 1. The molecule has 0 fully saturated rings. The Kier molecular flexibility index (Phi) is 20.1. The molecule has 0 bridgehead atoms. The van der Waals surface area contributed by atoms with Crippen LogP contribution < -0.4 is 5.32 Å². The zero-order chi connectivity index (χ0) is 20.0. The lowest BCUT2D eigenvalue weighted by molar-refractivity contribution is -0.107. The van der Waals surface area contributed by atoms with Crippen LogP contribution in [0, 0.1) is 0 Å². The van der Waals surface area contributed by atoms with Gasteiger partial charge in [-0.2, -0.15) is 0 Å². The van der Waals surface area contributed by atoms with E-state index in [0.29, 0.717) is 78.7 Å². The molecule has 160 valence electrons. The highest BCUT2D eigenvalue weighted by molar-refractivity contribution is 5.66. The number of methoxy groups -OCH3 is 2. The number of aldehydes is 1. The van der Waals surface area contributed by atoms with E-state index in [1.807, 2.05) is 0 Å². The lowest BCUT2D eigenvalue weighted by Crippen LogP contribution is -2.29. The van der Waals surface area contributed by atoms with Crippen LogP contribution in [0.1, 0.15) is 25.7 Å². The predicted octanol–water partition coefficient (Wildman–Crippen LogP) is 1.18. The maximum Gasteiger partial charge on any atom is 0.407 e. The third kappa shape index (κ3) is 19.3. The van der Waals surface area contributed by atoms with Gasteiger partial charge in [-0.3, -0.25) is 0 Å². The highest BCUT2D eigenvalue weighted by Gasteiger charge is 2.10. The van der Waals surface area contributed by atoms with Crippen molar-refractivity contribution in [1.82, 2.24) is 5.32 Å². The van der Waals surface area contributed by atoms with Gasteiger partial charge in [0.25, 0.3) is 0 Å². The fourth-order valence-corrected chi connectivity index (χ4v) is 1.92. The van der Waals surface area contributed by atoms with Gasteiger partial charge in [0.1, 0.15) is 12.4 Å². The summed E-state index contributed by atoms with van der Waals surface area (Å²) < 4.78 is 31.6. The first kappa shape index (κ1) is 25.7. The first-order valence-electron chi connectivity index (χ1n) is 9.33. The van der Waals surface area contributed by atoms with Crippen molar-refractivity contribution < 1.29 is 38.0 Å². The SMILES string of the molecule is COCCOCC(COCCCNC(=O)OCCCCC=O)OCCOC. The molecular formula is C18H35NO8. The van der Waals surface area contributed by atoms with Crippen molar-refractivity contribution in [3.05, 3.63) is 0 Å². The number of amides is 1. The van der Waals surface area contributed by atoms with E-state index >= 15 is 0 Å². The van der Waals surface area contributed by atoms with Crippen LogP contribution in [0.3, 0.4) is 0 Å². The number of rotatable bonds is 20. The zero-order valence-corrected chi connectivity index (χ0v) is 16.6. The molecule has 9 nitrogen and oxygen atoms in total. The Morgan fingerprint density at radius 1 is 0.889 bits per heavy atom. The summed E-state index contributed by atoms with van der Waals surface area (Å²) in [7, 11) is 3.24. The number of carbonyl (C=O) groups excluding carboxylic acids is 2. The quantitative estimate of drug-likeness (QED) is 0.243. The second kappa shape index (κ2) is 21.0. The van der Waals surface area contributed by atoms with E-state index in [2.05, 4.69) is 5.32 Å². The molecule has 0 aliphatic rings. The topological polar surface area (TPSA) is 102 Å². The maximum atomic E-state index is 11.4. The standard InChI is InChI=1S/C18H35NO8/c1-22-11-13-25-16-17(26-14-12-23-2)15-24-9-6-7-19-18(21)27-10-5-3-4-8-20/h8,17H,3-7,9-16H2,1-2H3,(H,19,21). The van der Waals surface area contributed by atoms with Gasteiger partial charge >= 0.3 is 6.09 Å². The molecule has 0 spiro atoms. The summed E-state index contributed by atoms with van der Waals surface area (Å²) in [5.41, 5.74) is 0. The Labute approximate surface area is 161 Å². The third-order valence-electron chi connectivity index (χ3n) is 3.36. The average molecular weight is 393 g/mol. The molecule has 27 heavy (non-hydrogen) atoms. The predicted molar refractivity (Wildman–Crippen MR) is 99.0 cm³/mol. The van der Waals surface area contributed by atoms with Crippen molar-refractivity contribution in [3.8, 4) is 0 Å². The van der Waals surface area contributed by atoms with E-state index in [0.717, 1.165) is 12.7 Å². The Bertz CT molecular complexity index is 343. The molecule has 0 aromatic carbocycles. The zero-order valence-electron chi connectivity index (χ0n) is 16.6. The Hall–Kier alpha value is -1.26. The molecule has 0 radical (unpaired) electrons. The summed E-state index contributed by atoms with van der Waals surface area (Å²) in [6.45, 7) is 4.11. The van der Waals surface area contributed by atoms with E-state index in [-0.39, 0.29) is 6.10 Å². The Balaban J connectivity index is 3.66. The van der Waals surface area contributed by atoms with Crippen LogP contribution >= 0.6 is 0 Å². The molecular weight excluding hydrogens is 358 g/mol. The van der Waals surface area contributed by atoms with Crippen molar-refractivity contribution in [1.29, 1.82) is 0 Å². The first-order chi connectivity index (χ1) is 13.2. The van der Waals surface area contributed by atoms with Crippen molar-refractivity contribution >= 4 is 12.4 Å². The Morgan fingerprint density at radius 3 is 2.30 bits per heavy atom. The largest absolute Gasteiger partial charge is 0.450 e. The smallest absolute Gasteiger partial charge is 0.407 e. The van der Waals surface area contributed by atoms with Gasteiger partial charge in [0.2, 0.25) is 0 Å². The minimum Gasteiger partial charge on any atom is -0.450 e. The second-order valence-electron chi connectivity index (χ2n) is 5.71. The van der Waals surface area contributed by atoms with Gasteiger partial charge in [-0.15, -0.1) is 0 Å². The van der Waals surface area contributed by atoms with Crippen molar-refractivity contribution in [2.75, 3.05) is 73.6 Å². The van der Waals surface area contributed by atoms with Crippen molar-refractivity contribution in [3.63, 3.8) is 0 Å². The highest BCUT2D eigenvalue weighted by atomic mass is 16.6. The van der Waals surface area contributed by atoms with Gasteiger partial charge < -0.3 is 38.5 Å². The lowest BCUT2D eigenvalue weighted by atomic mass is 10.3. The summed E-state index contributed by atoms with van der Waals surface area (Å²) in [5.74, 6) is 0. The molecule has 1 amide bonds. The minimum absolute atomic E-state index is 0.179. The molecule has 0 heterocycles. The molecule has 0 aromatic heterocycles. The number of hydrogen-bond acceptors (Lipinski definition) is 8. The average Bonchev–Trinajstić information content (AvgIpc) is 2.67. The molecule has 0 aromatic rings. The van der Waals surface area contributed by atoms with Crippen LogP contribution in [0.2, 0.25) is 0 Å². The monoisotopic (exact) mass is 393 g/mol. The van der Waals surface area contributed by atoms with Gasteiger partial charge in [-0.05, 0) is 19.3 Å². The van der Waals surface area contributed by atoms with E-state index in [1.165, 1.54) is 0 Å². The molecule has 0 rings (SSSR count). The van der Waals surface area contributed by atoms with Crippen LogP contribution in [-0.4, -0.2) is 92.1 Å². The number of nitrogens with one attached hydrogen (secondary N) is 1. The molecule has 0 saturated heterocycles. The first-order valence-corrected chi connectivity index (χ1v) is 9.33. The molecule has 1 N–H and O–H groups in total. The number of carbonyl (C=O) groups is 2. The Morgan fingerprint density at radius 2 is 1.59 bits per heavy atom.